The number of rotatable bonds is 5. The Balaban J connectivity index is 1.73. The fraction of sp³-hybridized carbons (Fsp3) is 0.667. The predicted molar refractivity (Wildman–Crippen MR) is 81.1 cm³/mol. The highest BCUT2D eigenvalue weighted by Crippen LogP contribution is 2.35. The zero-order chi connectivity index (χ0) is 13.7. The van der Waals surface area contributed by atoms with Crippen molar-refractivity contribution in [2.24, 2.45) is 17.8 Å². The van der Waals surface area contributed by atoms with Gasteiger partial charge in [-0.3, -0.25) is 0 Å². The van der Waals surface area contributed by atoms with Crippen molar-refractivity contribution in [2.45, 2.75) is 58.5 Å². The lowest BCUT2D eigenvalue weighted by Gasteiger charge is -2.34. The minimum Gasteiger partial charge on any atom is -0.393 e. The topological polar surface area (TPSA) is 20.2 Å². The molecule has 0 amide bonds. The summed E-state index contributed by atoms with van der Waals surface area (Å²) in [6.45, 7) is 4.67. The quantitative estimate of drug-likeness (QED) is 0.829. The number of aliphatic hydroxyl groups excluding tert-OH is 1. The third kappa shape index (κ3) is 4.65. The molecular weight excluding hydrogens is 232 g/mol. The van der Waals surface area contributed by atoms with Crippen molar-refractivity contribution in [1.82, 2.24) is 0 Å². The molecule has 0 aliphatic heterocycles. The zero-order valence-corrected chi connectivity index (χ0v) is 12.4. The molecule has 3 unspecified atom stereocenters. The minimum atomic E-state index is -0.0890. The first kappa shape index (κ1) is 14.6. The van der Waals surface area contributed by atoms with Crippen molar-refractivity contribution < 1.29 is 5.11 Å². The molecule has 1 aliphatic carbocycles. The highest BCUT2D eigenvalue weighted by molar-refractivity contribution is 5.14. The van der Waals surface area contributed by atoms with Gasteiger partial charge < -0.3 is 5.11 Å². The van der Waals surface area contributed by atoms with Crippen LogP contribution in [0.25, 0.3) is 0 Å². The molecule has 1 aliphatic rings. The lowest BCUT2D eigenvalue weighted by molar-refractivity contribution is 0.0485. The molecule has 106 valence electrons. The van der Waals surface area contributed by atoms with Crippen LogP contribution >= 0.6 is 0 Å². The third-order valence-corrected chi connectivity index (χ3v) is 4.57. The van der Waals surface area contributed by atoms with Gasteiger partial charge in [0.05, 0.1) is 6.10 Å². The summed E-state index contributed by atoms with van der Waals surface area (Å²) in [5.74, 6) is 2.12. The maximum Gasteiger partial charge on any atom is 0.0568 e. The van der Waals surface area contributed by atoms with E-state index in [1.54, 1.807) is 0 Å². The Kier molecular flexibility index (Phi) is 5.45. The molecule has 2 rings (SSSR count). The van der Waals surface area contributed by atoms with Crippen LogP contribution in [0.1, 0.15) is 51.5 Å². The first-order valence-electron chi connectivity index (χ1n) is 7.87. The Labute approximate surface area is 118 Å². The van der Waals surface area contributed by atoms with Crippen molar-refractivity contribution in [3.63, 3.8) is 0 Å². The SMILES string of the molecule is CC1CC(C)CC(C(O)CCCc2ccccc2)C1. The fourth-order valence-corrected chi connectivity index (χ4v) is 3.72. The Morgan fingerprint density at radius 1 is 1.05 bits per heavy atom. The standard InChI is InChI=1S/C18H28O/c1-14-11-15(2)13-17(12-14)18(19)10-6-9-16-7-4-3-5-8-16/h3-5,7-8,14-15,17-19H,6,9-13H2,1-2H3. The van der Waals surface area contributed by atoms with Gasteiger partial charge in [0.2, 0.25) is 0 Å². The van der Waals surface area contributed by atoms with E-state index in [0.29, 0.717) is 5.92 Å². The average molecular weight is 260 g/mol. The maximum atomic E-state index is 10.4. The second kappa shape index (κ2) is 7.09. The molecule has 1 heteroatoms. The van der Waals surface area contributed by atoms with Crippen LogP contribution in [0, 0.1) is 17.8 Å². The monoisotopic (exact) mass is 260 g/mol. The summed E-state index contributed by atoms with van der Waals surface area (Å²) in [5.41, 5.74) is 1.39. The van der Waals surface area contributed by atoms with Gasteiger partial charge in [0.1, 0.15) is 0 Å². The van der Waals surface area contributed by atoms with Crippen LogP contribution in [-0.4, -0.2) is 11.2 Å². The van der Waals surface area contributed by atoms with Crippen molar-refractivity contribution in [1.29, 1.82) is 0 Å². The molecule has 1 N–H and O–H groups in total. The smallest absolute Gasteiger partial charge is 0.0568 e. The summed E-state index contributed by atoms with van der Waals surface area (Å²) >= 11 is 0. The van der Waals surface area contributed by atoms with Crippen molar-refractivity contribution in [2.75, 3.05) is 0 Å². The van der Waals surface area contributed by atoms with E-state index < -0.39 is 0 Å². The summed E-state index contributed by atoms with van der Waals surface area (Å²) in [4.78, 5) is 0. The van der Waals surface area contributed by atoms with E-state index in [9.17, 15) is 5.11 Å². The van der Waals surface area contributed by atoms with Crippen molar-refractivity contribution in [3.8, 4) is 0 Å². The normalized spacial score (nSPS) is 29.1. The first-order chi connectivity index (χ1) is 9.15. The van der Waals surface area contributed by atoms with Crippen molar-refractivity contribution >= 4 is 0 Å². The molecule has 1 nitrogen and oxygen atoms in total. The van der Waals surface area contributed by atoms with Crippen LogP contribution in [0.3, 0.4) is 0 Å². The highest BCUT2D eigenvalue weighted by Gasteiger charge is 2.28. The molecule has 1 aromatic rings. The van der Waals surface area contributed by atoms with E-state index in [-0.39, 0.29) is 6.10 Å². The average Bonchev–Trinajstić information content (AvgIpc) is 2.38. The second-order valence-electron chi connectivity index (χ2n) is 6.62. The molecule has 0 heterocycles. The Bertz CT molecular complexity index is 349. The van der Waals surface area contributed by atoms with E-state index >= 15 is 0 Å². The van der Waals surface area contributed by atoms with Gasteiger partial charge in [-0.25, -0.2) is 0 Å². The van der Waals surface area contributed by atoms with Gasteiger partial charge in [0, 0.05) is 0 Å². The molecule has 0 bridgehead atoms. The zero-order valence-electron chi connectivity index (χ0n) is 12.4. The fourth-order valence-electron chi connectivity index (χ4n) is 3.72. The Morgan fingerprint density at radius 2 is 1.68 bits per heavy atom. The van der Waals surface area contributed by atoms with Gasteiger partial charge >= 0.3 is 0 Å². The van der Waals surface area contributed by atoms with Crippen LogP contribution in [0.5, 0.6) is 0 Å². The first-order valence-corrected chi connectivity index (χ1v) is 7.87. The highest BCUT2D eigenvalue weighted by atomic mass is 16.3. The molecule has 19 heavy (non-hydrogen) atoms. The molecule has 1 saturated carbocycles. The molecule has 0 aromatic heterocycles. The second-order valence-corrected chi connectivity index (χ2v) is 6.62. The Hall–Kier alpha value is -0.820. The number of benzene rings is 1. The molecular formula is C18H28O. The van der Waals surface area contributed by atoms with Gasteiger partial charge in [0.25, 0.3) is 0 Å². The molecule has 3 atom stereocenters. The van der Waals surface area contributed by atoms with E-state index in [0.717, 1.165) is 31.1 Å². The van der Waals surface area contributed by atoms with E-state index in [1.807, 2.05) is 0 Å². The van der Waals surface area contributed by atoms with Gasteiger partial charge in [-0.05, 0) is 61.8 Å². The summed E-state index contributed by atoms with van der Waals surface area (Å²) in [5, 5.41) is 10.4. The minimum absolute atomic E-state index is 0.0890. The van der Waals surface area contributed by atoms with Crippen LogP contribution in [0.15, 0.2) is 30.3 Å². The summed E-state index contributed by atoms with van der Waals surface area (Å²) in [6, 6.07) is 10.6. The molecule has 0 spiro atoms. The molecule has 0 radical (unpaired) electrons. The summed E-state index contributed by atoms with van der Waals surface area (Å²) < 4.78 is 0. The van der Waals surface area contributed by atoms with E-state index in [4.69, 9.17) is 0 Å². The van der Waals surface area contributed by atoms with Crippen LogP contribution in [0.2, 0.25) is 0 Å². The van der Waals surface area contributed by atoms with Crippen LogP contribution in [-0.2, 0) is 6.42 Å². The van der Waals surface area contributed by atoms with E-state index in [2.05, 4.69) is 44.2 Å². The van der Waals surface area contributed by atoms with Gasteiger partial charge in [-0.1, -0.05) is 44.2 Å². The predicted octanol–water partition coefficient (Wildman–Crippen LogP) is 4.44. The summed E-state index contributed by atoms with van der Waals surface area (Å²) in [7, 11) is 0. The number of aliphatic hydroxyl groups is 1. The largest absolute Gasteiger partial charge is 0.393 e. The number of aryl methyl sites for hydroxylation is 1. The molecule has 1 aromatic carbocycles. The lowest BCUT2D eigenvalue weighted by Crippen LogP contribution is -2.29. The van der Waals surface area contributed by atoms with Gasteiger partial charge in [0.15, 0.2) is 0 Å². The molecule has 1 fully saturated rings. The lowest BCUT2D eigenvalue weighted by atomic mass is 9.74. The van der Waals surface area contributed by atoms with Crippen molar-refractivity contribution in [3.05, 3.63) is 35.9 Å². The Morgan fingerprint density at radius 3 is 2.32 bits per heavy atom. The van der Waals surface area contributed by atoms with Crippen LogP contribution in [0.4, 0.5) is 0 Å². The molecule has 0 saturated heterocycles. The third-order valence-electron chi connectivity index (χ3n) is 4.57. The van der Waals surface area contributed by atoms with Gasteiger partial charge in [-0.2, -0.15) is 0 Å². The summed E-state index contributed by atoms with van der Waals surface area (Å²) in [6.07, 6.45) is 6.84. The number of hydrogen-bond donors (Lipinski definition) is 1. The number of hydrogen-bond acceptors (Lipinski definition) is 1. The maximum absolute atomic E-state index is 10.4. The van der Waals surface area contributed by atoms with E-state index in [1.165, 1.54) is 24.8 Å². The van der Waals surface area contributed by atoms with Gasteiger partial charge in [-0.15, -0.1) is 0 Å². The van der Waals surface area contributed by atoms with Crippen LogP contribution < -0.4 is 0 Å².